The van der Waals surface area contributed by atoms with Gasteiger partial charge in [0, 0.05) is 24.2 Å². The van der Waals surface area contributed by atoms with Crippen LogP contribution in [0, 0.1) is 0 Å². The molecular weight excluding hydrogens is 517 g/mol. The maximum Gasteiger partial charge on any atom is 0.416 e. The van der Waals surface area contributed by atoms with E-state index in [0.717, 1.165) is 12.1 Å². The SMILES string of the molecule is C=Cc1cc2c(nc1-c1cccc(C(F)(F)F)c1)N(C(=O)Nc1ncc(OC[C@@H](O)CO)cn1)[C@H]1CCN2C1. The third kappa shape index (κ3) is 5.36. The molecule has 1 fully saturated rings. The number of aromatic nitrogens is 3. The summed E-state index contributed by atoms with van der Waals surface area (Å²) in [5.74, 6) is 0.551. The predicted octanol–water partition coefficient (Wildman–Crippen LogP) is 3.56. The summed E-state index contributed by atoms with van der Waals surface area (Å²) in [6.45, 7) is 4.47. The van der Waals surface area contributed by atoms with E-state index in [1.165, 1.54) is 35.5 Å². The Morgan fingerprint density at radius 3 is 2.74 bits per heavy atom. The zero-order valence-corrected chi connectivity index (χ0v) is 20.6. The molecule has 0 unspecified atom stereocenters. The lowest BCUT2D eigenvalue weighted by atomic mass is 10.0. The van der Waals surface area contributed by atoms with E-state index in [0.29, 0.717) is 36.6 Å². The number of halogens is 3. The first-order valence-corrected chi connectivity index (χ1v) is 12.1. The summed E-state index contributed by atoms with van der Waals surface area (Å²) in [7, 11) is 0. The Morgan fingerprint density at radius 2 is 2.05 bits per heavy atom. The highest BCUT2D eigenvalue weighted by molar-refractivity contribution is 6.04. The fraction of sp³-hybridized carbons (Fsp3) is 0.308. The minimum atomic E-state index is -4.52. The van der Waals surface area contributed by atoms with E-state index in [1.54, 1.807) is 6.07 Å². The van der Waals surface area contributed by atoms with Crippen molar-refractivity contribution in [2.45, 2.75) is 24.7 Å². The van der Waals surface area contributed by atoms with Crippen LogP contribution in [-0.4, -0.2) is 69.6 Å². The Morgan fingerprint density at radius 1 is 1.28 bits per heavy atom. The molecule has 2 aliphatic rings. The second-order valence-electron chi connectivity index (χ2n) is 9.13. The number of benzene rings is 1. The molecule has 3 aromatic rings. The van der Waals surface area contributed by atoms with E-state index >= 15 is 0 Å². The number of pyridine rings is 1. The molecule has 1 saturated heterocycles. The fourth-order valence-corrected chi connectivity index (χ4v) is 4.61. The summed E-state index contributed by atoms with van der Waals surface area (Å²) in [6.07, 6.45) is -0.735. The number of ether oxygens (including phenoxy) is 1. The molecule has 13 heteroatoms. The molecule has 0 aliphatic carbocycles. The predicted molar refractivity (Wildman–Crippen MR) is 138 cm³/mol. The van der Waals surface area contributed by atoms with Crippen LogP contribution < -0.4 is 19.9 Å². The fourth-order valence-electron chi connectivity index (χ4n) is 4.61. The van der Waals surface area contributed by atoms with Crippen LogP contribution in [0.1, 0.15) is 17.5 Å². The molecule has 0 saturated carbocycles. The van der Waals surface area contributed by atoms with Crippen molar-refractivity contribution in [3.63, 3.8) is 0 Å². The van der Waals surface area contributed by atoms with Gasteiger partial charge in [-0.25, -0.2) is 19.7 Å². The number of rotatable bonds is 7. The molecule has 2 amide bonds. The topological polar surface area (TPSA) is 124 Å². The minimum Gasteiger partial charge on any atom is -0.488 e. The van der Waals surface area contributed by atoms with E-state index in [4.69, 9.17) is 14.8 Å². The zero-order chi connectivity index (χ0) is 27.7. The van der Waals surface area contributed by atoms with Gasteiger partial charge in [-0.15, -0.1) is 0 Å². The highest BCUT2D eigenvalue weighted by atomic mass is 19.4. The van der Waals surface area contributed by atoms with Crippen LogP contribution in [0.25, 0.3) is 17.3 Å². The van der Waals surface area contributed by atoms with E-state index < -0.39 is 30.5 Å². The van der Waals surface area contributed by atoms with Crippen molar-refractivity contribution in [1.29, 1.82) is 0 Å². The number of aliphatic hydroxyl groups is 2. The van der Waals surface area contributed by atoms with Gasteiger partial charge in [0.05, 0.1) is 42.0 Å². The van der Waals surface area contributed by atoms with Crippen LogP contribution in [0.4, 0.5) is 35.4 Å². The van der Waals surface area contributed by atoms with E-state index in [9.17, 15) is 23.1 Å². The van der Waals surface area contributed by atoms with Gasteiger partial charge in [0.15, 0.2) is 11.6 Å². The number of aliphatic hydroxyl groups excluding tert-OH is 2. The average Bonchev–Trinajstić information content (AvgIpc) is 3.35. The number of carbonyl (C=O) groups is 1. The van der Waals surface area contributed by atoms with Crippen LogP contribution in [0.5, 0.6) is 5.75 Å². The molecule has 10 nitrogen and oxygen atoms in total. The van der Waals surface area contributed by atoms with Crippen LogP contribution in [0.15, 0.2) is 49.3 Å². The summed E-state index contributed by atoms with van der Waals surface area (Å²) in [6, 6.07) is 5.91. The van der Waals surface area contributed by atoms with Crippen molar-refractivity contribution in [3.8, 4) is 17.0 Å². The number of amides is 2. The Bertz CT molecular complexity index is 1390. The van der Waals surface area contributed by atoms with Gasteiger partial charge in [-0.3, -0.25) is 10.2 Å². The van der Waals surface area contributed by atoms with E-state index in [2.05, 4.69) is 26.8 Å². The van der Waals surface area contributed by atoms with Crippen LogP contribution in [0.2, 0.25) is 0 Å². The first kappa shape index (κ1) is 26.4. The molecule has 4 heterocycles. The van der Waals surface area contributed by atoms with Crippen molar-refractivity contribution in [1.82, 2.24) is 15.0 Å². The Labute approximate surface area is 221 Å². The molecular formula is C26H25F3N6O4. The smallest absolute Gasteiger partial charge is 0.416 e. The van der Waals surface area contributed by atoms with Crippen LogP contribution in [0.3, 0.4) is 0 Å². The van der Waals surface area contributed by atoms with Crippen LogP contribution >= 0.6 is 0 Å². The molecule has 2 bridgehead atoms. The monoisotopic (exact) mass is 542 g/mol. The van der Waals surface area contributed by atoms with Crippen molar-refractivity contribution in [2.75, 3.05) is 41.4 Å². The lowest BCUT2D eigenvalue weighted by molar-refractivity contribution is -0.137. The molecule has 0 radical (unpaired) electrons. The van der Waals surface area contributed by atoms with Gasteiger partial charge in [-0.1, -0.05) is 24.8 Å². The maximum atomic E-state index is 13.5. The van der Waals surface area contributed by atoms with Crippen molar-refractivity contribution in [2.24, 2.45) is 0 Å². The standard InChI is InChI=1S/C26H25F3N6O4/c1-2-15-9-21-23(32-22(15)16-4-3-5-17(8-16)26(27,28)29)35(18-6-7-34(21)12-18)25(38)33-24-30-10-20(11-31-24)39-14-19(37)13-36/h2-5,8-11,18-19,36-37H,1,6-7,12-14H2,(H,30,31,33,38)/t18-,19-/m0/s1. The number of anilines is 3. The van der Waals surface area contributed by atoms with Gasteiger partial charge in [0.2, 0.25) is 5.95 Å². The van der Waals surface area contributed by atoms with Crippen LogP contribution in [-0.2, 0) is 6.18 Å². The molecule has 0 spiro atoms. The van der Waals surface area contributed by atoms with Gasteiger partial charge in [0.25, 0.3) is 0 Å². The van der Waals surface area contributed by atoms with Gasteiger partial charge in [-0.05, 0) is 24.6 Å². The number of alkyl halides is 3. The van der Waals surface area contributed by atoms with Gasteiger partial charge in [0.1, 0.15) is 12.7 Å². The molecule has 2 atom stereocenters. The van der Waals surface area contributed by atoms with Crippen molar-refractivity contribution >= 4 is 29.6 Å². The molecule has 1 aromatic carbocycles. The summed E-state index contributed by atoms with van der Waals surface area (Å²) < 4.78 is 45.5. The Kier molecular flexibility index (Phi) is 7.10. The van der Waals surface area contributed by atoms with Gasteiger partial charge < -0.3 is 19.8 Å². The minimum absolute atomic E-state index is 0.00199. The average molecular weight is 543 g/mol. The quantitative estimate of drug-likeness (QED) is 0.414. The number of carbonyl (C=O) groups excluding carboxylic acids is 1. The summed E-state index contributed by atoms with van der Waals surface area (Å²) in [5, 5.41) is 20.9. The van der Waals surface area contributed by atoms with E-state index in [1.807, 2.05) is 0 Å². The first-order chi connectivity index (χ1) is 18.7. The van der Waals surface area contributed by atoms with E-state index in [-0.39, 0.29) is 35.6 Å². The summed E-state index contributed by atoms with van der Waals surface area (Å²) >= 11 is 0. The number of nitrogens with one attached hydrogen (secondary N) is 1. The third-order valence-corrected chi connectivity index (χ3v) is 6.51. The number of hydrogen-bond donors (Lipinski definition) is 3. The molecule has 2 aromatic heterocycles. The van der Waals surface area contributed by atoms with Gasteiger partial charge in [-0.2, -0.15) is 13.2 Å². The Balaban J connectivity index is 1.45. The number of urea groups is 1. The largest absolute Gasteiger partial charge is 0.488 e. The number of fused-ring (bicyclic) bond motifs is 4. The zero-order valence-electron chi connectivity index (χ0n) is 20.6. The lowest BCUT2D eigenvalue weighted by Gasteiger charge is -2.36. The van der Waals surface area contributed by atoms with Crippen molar-refractivity contribution < 1.29 is 32.9 Å². The first-order valence-electron chi connectivity index (χ1n) is 12.1. The molecule has 5 rings (SSSR count). The lowest BCUT2D eigenvalue weighted by Crippen LogP contribution is -2.48. The normalized spacial score (nSPS) is 17.0. The third-order valence-electron chi connectivity index (χ3n) is 6.51. The molecule has 39 heavy (non-hydrogen) atoms. The summed E-state index contributed by atoms with van der Waals surface area (Å²) in [5.41, 5.74) is 0.947. The van der Waals surface area contributed by atoms with Crippen molar-refractivity contribution in [3.05, 3.63) is 60.4 Å². The second-order valence-corrected chi connectivity index (χ2v) is 9.13. The second kappa shape index (κ2) is 10.5. The Hall–Kier alpha value is -4.23. The highest BCUT2D eigenvalue weighted by Gasteiger charge is 2.41. The summed E-state index contributed by atoms with van der Waals surface area (Å²) in [4.78, 5) is 29.9. The molecule has 3 N–H and O–H groups in total. The molecule has 2 aliphatic heterocycles. The maximum absolute atomic E-state index is 13.5. The number of nitrogens with zero attached hydrogens (tertiary/aromatic N) is 5. The highest BCUT2D eigenvalue weighted by Crippen LogP contribution is 2.42. The van der Waals surface area contributed by atoms with Gasteiger partial charge >= 0.3 is 12.2 Å². The molecule has 204 valence electrons. The number of hydrogen-bond acceptors (Lipinski definition) is 8.